The van der Waals surface area contributed by atoms with Gasteiger partial charge in [0.2, 0.25) is 5.95 Å². The molecular weight excluding hydrogens is 316 g/mol. The van der Waals surface area contributed by atoms with Crippen molar-refractivity contribution < 1.29 is 0 Å². The Morgan fingerprint density at radius 3 is 2.84 bits per heavy atom. The Morgan fingerprint density at radius 1 is 1.20 bits per heavy atom. The minimum Gasteiger partial charge on any atom is -0.361 e. The SMILES string of the molecule is CC(C)(C)n1ncc2c(=O)[nH]c(NCc3cccc4[nH]ccc34)nc21. The van der Waals surface area contributed by atoms with E-state index < -0.39 is 0 Å². The summed E-state index contributed by atoms with van der Waals surface area (Å²) in [6.07, 6.45) is 3.49. The summed E-state index contributed by atoms with van der Waals surface area (Å²) in [6.45, 7) is 6.65. The summed E-state index contributed by atoms with van der Waals surface area (Å²) in [6, 6.07) is 8.14. The molecule has 0 spiro atoms. The Morgan fingerprint density at radius 2 is 2.04 bits per heavy atom. The number of aromatic nitrogens is 5. The number of hydrogen-bond donors (Lipinski definition) is 3. The number of hydrogen-bond acceptors (Lipinski definition) is 4. The lowest BCUT2D eigenvalue weighted by Crippen LogP contribution is -2.24. The van der Waals surface area contributed by atoms with Crippen molar-refractivity contribution in [1.82, 2.24) is 24.7 Å². The van der Waals surface area contributed by atoms with Crippen molar-refractivity contribution in [3.63, 3.8) is 0 Å². The van der Waals surface area contributed by atoms with Crippen LogP contribution in [-0.4, -0.2) is 24.7 Å². The molecule has 0 bridgehead atoms. The van der Waals surface area contributed by atoms with Gasteiger partial charge in [0.15, 0.2) is 5.65 Å². The van der Waals surface area contributed by atoms with Crippen LogP contribution in [0.1, 0.15) is 26.3 Å². The second kappa shape index (κ2) is 5.47. The van der Waals surface area contributed by atoms with Crippen LogP contribution in [0, 0.1) is 0 Å². The third-order valence-corrected chi connectivity index (χ3v) is 4.21. The van der Waals surface area contributed by atoms with Crippen LogP contribution < -0.4 is 10.9 Å². The largest absolute Gasteiger partial charge is 0.361 e. The Kier molecular flexibility index (Phi) is 3.38. The number of H-pyrrole nitrogens is 2. The lowest BCUT2D eigenvalue weighted by Gasteiger charge is -2.19. The number of nitrogens with zero attached hydrogens (tertiary/aromatic N) is 3. The zero-order valence-electron chi connectivity index (χ0n) is 14.4. The lowest BCUT2D eigenvalue weighted by atomic mass is 10.1. The normalized spacial score (nSPS) is 12.1. The first-order valence-electron chi connectivity index (χ1n) is 8.21. The monoisotopic (exact) mass is 336 g/mol. The summed E-state index contributed by atoms with van der Waals surface area (Å²) in [5, 5.41) is 9.19. The summed E-state index contributed by atoms with van der Waals surface area (Å²) in [5.41, 5.74) is 2.35. The van der Waals surface area contributed by atoms with Crippen LogP contribution in [0.2, 0.25) is 0 Å². The van der Waals surface area contributed by atoms with Gasteiger partial charge in [-0.1, -0.05) is 12.1 Å². The molecule has 7 nitrogen and oxygen atoms in total. The van der Waals surface area contributed by atoms with E-state index in [0.717, 1.165) is 16.5 Å². The molecule has 3 N–H and O–H groups in total. The predicted molar refractivity (Wildman–Crippen MR) is 98.8 cm³/mol. The second-order valence-corrected chi connectivity index (χ2v) is 7.09. The van der Waals surface area contributed by atoms with E-state index in [0.29, 0.717) is 23.5 Å². The molecule has 4 aromatic rings. The van der Waals surface area contributed by atoms with E-state index in [9.17, 15) is 4.79 Å². The number of rotatable bonds is 3. The molecule has 0 fully saturated rings. The van der Waals surface area contributed by atoms with Crippen LogP contribution in [0.5, 0.6) is 0 Å². The highest BCUT2D eigenvalue weighted by atomic mass is 16.1. The minimum absolute atomic E-state index is 0.192. The number of benzene rings is 1. The van der Waals surface area contributed by atoms with E-state index in [-0.39, 0.29) is 11.1 Å². The molecule has 0 amide bonds. The van der Waals surface area contributed by atoms with Gasteiger partial charge in [0, 0.05) is 23.6 Å². The summed E-state index contributed by atoms with van der Waals surface area (Å²) < 4.78 is 1.77. The van der Waals surface area contributed by atoms with Crippen molar-refractivity contribution in [3.05, 3.63) is 52.6 Å². The Balaban J connectivity index is 1.70. The molecule has 7 heteroatoms. The average Bonchev–Trinajstić information content (AvgIpc) is 3.19. The fourth-order valence-corrected chi connectivity index (χ4v) is 2.98. The number of aromatic amines is 2. The third-order valence-electron chi connectivity index (χ3n) is 4.21. The van der Waals surface area contributed by atoms with E-state index in [1.807, 2.05) is 45.2 Å². The highest BCUT2D eigenvalue weighted by Gasteiger charge is 2.19. The van der Waals surface area contributed by atoms with Crippen molar-refractivity contribution in [2.45, 2.75) is 32.9 Å². The maximum atomic E-state index is 12.3. The van der Waals surface area contributed by atoms with Gasteiger partial charge in [0.1, 0.15) is 5.39 Å². The summed E-state index contributed by atoms with van der Waals surface area (Å²) in [7, 11) is 0. The maximum absolute atomic E-state index is 12.3. The Bertz CT molecular complexity index is 1110. The van der Waals surface area contributed by atoms with Crippen LogP contribution in [-0.2, 0) is 12.1 Å². The predicted octanol–water partition coefficient (Wildman–Crippen LogP) is 2.97. The zero-order chi connectivity index (χ0) is 17.6. The van der Waals surface area contributed by atoms with Gasteiger partial charge < -0.3 is 10.3 Å². The van der Waals surface area contributed by atoms with Crippen LogP contribution >= 0.6 is 0 Å². The van der Waals surface area contributed by atoms with E-state index in [2.05, 4.69) is 31.4 Å². The van der Waals surface area contributed by atoms with Gasteiger partial charge in [-0.3, -0.25) is 9.78 Å². The maximum Gasteiger partial charge on any atom is 0.263 e. The second-order valence-electron chi connectivity index (χ2n) is 7.09. The molecule has 128 valence electrons. The Hall–Kier alpha value is -3.09. The van der Waals surface area contributed by atoms with Crippen molar-refractivity contribution >= 4 is 27.9 Å². The zero-order valence-corrected chi connectivity index (χ0v) is 14.4. The molecule has 0 saturated heterocycles. The molecule has 25 heavy (non-hydrogen) atoms. The van der Waals surface area contributed by atoms with Crippen LogP contribution in [0.3, 0.4) is 0 Å². The van der Waals surface area contributed by atoms with Crippen molar-refractivity contribution in [2.75, 3.05) is 5.32 Å². The van der Waals surface area contributed by atoms with E-state index in [1.54, 1.807) is 10.9 Å². The summed E-state index contributed by atoms with van der Waals surface area (Å²) in [4.78, 5) is 22.9. The van der Waals surface area contributed by atoms with E-state index >= 15 is 0 Å². The van der Waals surface area contributed by atoms with Gasteiger partial charge in [-0.15, -0.1) is 0 Å². The van der Waals surface area contributed by atoms with Gasteiger partial charge in [-0.2, -0.15) is 10.1 Å². The highest BCUT2D eigenvalue weighted by molar-refractivity contribution is 5.83. The van der Waals surface area contributed by atoms with Crippen molar-refractivity contribution in [1.29, 1.82) is 0 Å². The molecule has 0 aliphatic carbocycles. The van der Waals surface area contributed by atoms with Gasteiger partial charge in [0.05, 0.1) is 11.7 Å². The molecule has 3 heterocycles. The van der Waals surface area contributed by atoms with Crippen molar-refractivity contribution in [3.8, 4) is 0 Å². The van der Waals surface area contributed by atoms with Gasteiger partial charge in [-0.25, -0.2) is 4.68 Å². The van der Waals surface area contributed by atoms with Gasteiger partial charge in [-0.05, 0) is 38.5 Å². The standard InChI is InChI=1S/C18H20N6O/c1-18(2,3)24-15-13(10-21-24)16(25)23-17(22-15)20-9-11-5-4-6-14-12(11)7-8-19-14/h4-8,10,19H,9H2,1-3H3,(H2,20,22,23,25). The fourth-order valence-electron chi connectivity index (χ4n) is 2.98. The van der Waals surface area contributed by atoms with Gasteiger partial charge in [0.25, 0.3) is 5.56 Å². The topological polar surface area (TPSA) is 91.4 Å². The summed E-state index contributed by atoms with van der Waals surface area (Å²) in [5.74, 6) is 0.441. The number of nitrogens with one attached hydrogen (secondary N) is 3. The molecule has 0 atom stereocenters. The molecule has 0 aliphatic rings. The first-order valence-corrected chi connectivity index (χ1v) is 8.21. The Labute approximate surface area is 144 Å². The van der Waals surface area contributed by atoms with Crippen LogP contribution in [0.15, 0.2) is 41.5 Å². The molecular formula is C18H20N6O. The average molecular weight is 336 g/mol. The quantitative estimate of drug-likeness (QED) is 0.536. The van der Waals surface area contributed by atoms with Crippen LogP contribution in [0.25, 0.3) is 21.9 Å². The third kappa shape index (κ3) is 2.67. The van der Waals surface area contributed by atoms with Crippen molar-refractivity contribution in [2.24, 2.45) is 0 Å². The van der Waals surface area contributed by atoms with Crippen LogP contribution in [0.4, 0.5) is 5.95 Å². The molecule has 0 unspecified atom stereocenters. The van der Waals surface area contributed by atoms with E-state index in [4.69, 9.17) is 0 Å². The molecule has 1 aromatic carbocycles. The molecule has 0 radical (unpaired) electrons. The minimum atomic E-state index is -0.253. The number of fused-ring (bicyclic) bond motifs is 2. The smallest absolute Gasteiger partial charge is 0.263 e. The molecule has 0 aliphatic heterocycles. The fraction of sp³-hybridized carbons (Fsp3) is 0.278. The first kappa shape index (κ1) is 15.4. The van der Waals surface area contributed by atoms with Gasteiger partial charge >= 0.3 is 0 Å². The summed E-state index contributed by atoms with van der Waals surface area (Å²) >= 11 is 0. The molecule has 4 rings (SSSR count). The number of anilines is 1. The first-order chi connectivity index (χ1) is 11.9. The lowest BCUT2D eigenvalue weighted by molar-refractivity contribution is 0.366. The highest BCUT2D eigenvalue weighted by Crippen LogP contribution is 2.20. The molecule has 0 saturated carbocycles. The van der Waals surface area contributed by atoms with E-state index in [1.165, 1.54) is 0 Å². The molecule has 3 aromatic heterocycles.